The number of ether oxygens (including phenoxy) is 1. The van der Waals surface area contributed by atoms with Crippen molar-refractivity contribution in [1.29, 1.82) is 0 Å². The summed E-state index contributed by atoms with van der Waals surface area (Å²) in [5.41, 5.74) is 3.81. The first-order valence-corrected chi connectivity index (χ1v) is 9.01. The predicted molar refractivity (Wildman–Crippen MR) is 107 cm³/mol. The number of anilines is 3. The standard InChI is InChI=1S/C22H21N3O2/c1-27-19-11-8-17(9-12-19)22(26)24-18-10-13-21(23-15-18)25-14-4-6-16-5-2-3-7-20(16)25/h2-3,5,7-13,15H,4,6,14H2,1H3,(H,24,26). The van der Waals surface area contributed by atoms with Crippen LogP contribution in [0.5, 0.6) is 5.75 Å². The van der Waals surface area contributed by atoms with Crippen LogP contribution in [0, 0.1) is 0 Å². The average Bonchev–Trinajstić information content (AvgIpc) is 2.74. The van der Waals surface area contributed by atoms with Gasteiger partial charge in [-0.05, 0) is 60.9 Å². The maximum atomic E-state index is 12.4. The van der Waals surface area contributed by atoms with E-state index < -0.39 is 0 Å². The van der Waals surface area contributed by atoms with Crippen molar-refractivity contribution >= 4 is 23.1 Å². The number of carbonyl (C=O) groups excluding carboxylic acids is 1. The lowest BCUT2D eigenvalue weighted by Gasteiger charge is -2.30. The van der Waals surface area contributed by atoms with E-state index in [4.69, 9.17) is 4.74 Å². The normalized spacial score (nSPS) is 13.0. The molecule has 0 atom stereocenters. The summed E-state index contributed by atoms with van der Waals surface area (Å²) in [6.07, 6.45) is 3.91. The molecule has 1 N–H and O–H groups in total. The van der Waals surface area contributed by atoms with Crippen molar-refractivity contribution in [2.45, 2.75) is 12.8 Å². The number of methoxy groups -OCH3 is 1. The fraction of sp³-hybridized carbons (Fsp3) is 0.182. The minimum absolute atomic E-state index is 0.171. The van der Waals surface area contributed by atoms with Crippen LogP contribution >= 0.6 is 0 Å². The molecule has 136 valence electrons. The van der Waals surface area contributed by atoms with Crippen molar-refractivity contribution in [3.05, 3.63) is 78.0 Å². The summed E-state index contributed by atoms with van der Waals surface area (Å²) in [6.45, 7) is 0.946. The first kappa shape index (κ1) is 17.1. The maximum absolute atomic E-state index is 12.4. The van der Waals surface area contributed by atoms with Gasteiger partial charge in [0.1, 0.15) is 11.6 Å². The van der Waals surface area contributed by atoms with Gasteiger partial charge in [-0.2, -0.15) is 0 Å². The third kappa shape index (κ3) is 3.62. The molecule has 5 heteroatoms. The second-order valence-corrected chi connectivity index (χ2v) is 6.47. The van der Waals surface area contributed by atoms with Gasteiger partial charge < -0.3 is 15.0 Å². The van der Waals surface area contributed by atoms with Gasteiger partial charge in [0.25, 0.3) is 5.91 Å². The van der Waals surface area contributed by atoms with Gasteiger partial charge in [-0.3, -0.25) is 4.79 Å². The van der Waals surface area contributed by atoms with Gasteiger partial charge in [0.05, 0.1) is 19.0 Å². The summed E-state index contributed by atoms with van der Waals surface area (Å²) in [6, 6.07) is 19.3. The van der Waals surface area contributed by atoms with Crippen molar-refractivity contribution in [2.24, 2.45) is 0 Å². The SMILES string of the molecule is COc1ccc(C(=O)Nc2ccc(N3CCCc4ccccc43)nc2)cc1. The highest BCUT2D eigenvalue weighted by Crippen LogP contribution is 2.32. The molecule has 0 radical (unpaired) electrons. The van der Waals surface area contributed by atoms with Gasteiger partial charge in [0, 0.05) is 17.8 Å². The average molecular weight is 359 g/mol. The van der Waals surface area contributed by atoms with Crippen LogP contribution in [-0.2, 0) is 6.42 Å². The van der Waals surface area contributed by atoms with E-state index in [0.29, 0.717) is 11.3 Å². The minimum atomic E-state index is -0.171. The van der Waals surface area contributed by atoms with Crippen LogP contribution in [0.1, 0.15) is 22.3 Å². The van der Waals surface area contributed by atoms with Crippen molar-refractivity contribution in [3.8, 4) is 5.75 Å². The molecule has 0 saturated carbocycles. The van der Waals surface area contributed by atoms with E-state index in [-0.39, 0.29) is 5.91 Å². The number of pyridine rings is 1. The number of rotatable bonds is 4. The molecule has 2 aromatic carbocycles. The predicted octanol–water partition coefficient (Wildman–Crippen LogP) is 4.43. The van der Waals surface area contributed by atoms with Gasteiger partial charge in [0.2, 0.25) is 0 Å². The second-order valence-electron chi connectivity index (χ2n) is 6.47. The molecule has 1 aromatic heterocycles. The number of fused-ring (bicyclic) bond motifs is 1. The smallest absolute Gasteiger partial charge is 0.255 e. The number of carbonyl (C=O) groups is 1. The van der Waals surface area contributed by atoms with E-state index in [1.54, 1.807) is 37.6 Å². The van der Waals surface area contributed by atoms with Crippen LogP contribution < -0.4 is 15.0 Å². The quantitative estimate of drug-likeness (QED) is 0.749. The van der Waals surface area contributed by atoms with E-state index >= 15 is 0 Å². The molecule has 0 saturated heterocycles. The summed E-state index contributed by atoms with van der Waals surface area (Å²) in [4.78, 5) is 19.2. The zero-order valence-corrected chi connectivity index (χ0v) is 15.2. The number of aromatic nitrogens is 1. The molecule has 4 rings (SSSR count). The fourth-order valence-electron chi connectivity index (χ4n) is 3.34. The van der Waals surface area contributed by atoms with Crippen LogP contribution in [-0.4, -0.2) is 24.5 Å². The molecule has 27 heavy (non-hydrogen) atoms. The van der Waals surface area contributed by atoms with Crippen molar-refractivity contribution in [1.82, 2.24) is 4.98 Å². The van der Waals surface area contributed by atoms with Crippen LogP contribution in [0.25, 0.3) is 0 Å². The van der Waals surface area contributed by atoms with E-state index in [1.807, 2.05) is 12.1 Å². The Balaban J connectivity index is 1.49. The Labute approximate surface area is 158 Å². The molecule has 0 fully saturated rings. The van der Waals surface area contributed by atoms with Crippen molar-refractivity contribution in [3.63, 3.8) is 0 Å². The Hall–Kier alpha value is -3.34. The number of nitrogens with zero attached hydrogens (tertiary/aromatic N) is 2. The number of nitrogens with one attached hydrogen (secondary N) is 1. The van der Waals surface area contributed by atoms with Gasteiger partial charge in [0.15, 0.2) is 0 Å². The Morgan fingerprint density at radius 1 is 1.07 bits per heavy atom. The Bertz CT molecular complexity index is 937. The molecule has 0 bridgehead atoms. The molecule has 0 spiro atoms. The first-order chi connectivity index (χ1) is 13.2. The van der Waals surface area contributed by atoms with E-state index in [1.165, 1.54) is 11.3 Å². The van der Waals surface area contributed by atoms with Gasteiger partial charge in [-0.15, -0.1) is 0 Å². The van der Waals surface area contributed by atoms with Gasteiger partial charge in [-0.25, -0.2) is 4.98 Å². The molecule has 1 aliphatic rings. The van der Waals surface area contributed by atoms with E-state index in [9.17, 15) is 4.79 Å². The summed E-state index contributed by atoms with van der Waals surface area (Å²) in [5, 5.41) is 2.88. The zero-order valence-electron chi connectivity index (χ0n) is 15.2. The number of benzene rings is 2. The summed E-state index contributed by atoms with van der Waals surface area (Å²) in [7, 11) is 1.60. The lowest BCUT2D eigenvalue weighted by molar-refractivity contribution is 0.102. The Morgan fingerprint density at radius 2 is 1.89 bits per heavy atom. The molecule has 5 nitrogen and oxygen atoms in total. The van der Waals surface area contributed by atoms with Crippen LogP contribution in [0.4, 0.5) is 17.2 Å². The number of amides is 1. The fourth-order valence-corrected chi connectivity index (χ4v) is 3.34. The monoisotopic (exact) mass is 359 g/mol. The largest absolute Gasteiger partial charge is 0.497 e. The van der Waals surface area contributed by atoms with Crippen LogP contribution in [0.3, 0.4) is 0 Å². The minimum Gasteiger partial charge on any atom is -0.497 e. The first-order valence-electron chi connectivity index (χ1n) is 9.01. The lowest BCUT2D eigenvalue weighted by Crippen LogP contribution is -2.25. The topological polar surface area (TPSA) is 54.5 Å². The molecular weight excluding hydrogens is 338 g/mol. The highest BCUT2D eigenvalue weighted by molar-refractivity contribution is 6.04. The number of hydrogen-bond acceptors (Lipinski definition) is 4. The summed E-state index contributed by atoms with van der Waals surface area (Å²) in [5.74, 6) is 1.44. The molecule has 2 heterocycles. The zero-order chi connectivity index (χ0) is 18.6. The van der Waals surface area contributed by atoms with Crippen LogP contribution in [0.15, 0.2) is 66.9 Å². The summed E-state index contributed by atoms with van der Waals surface area (Å²) >= 11 is 0. The molecule has 0 unspecified atom stereocenters. The van der Waals surface area contributed by atoms with E-state index in [0.717, 1.165) is 31.0 Å². The number of hydrogen-bond donors (Lipinski definition) is 1. The molecule has 1 aliphatic heterocycles. The lowest BCUT2D eigenvalue weighted by atomic mass is 10.0. The molecule has 0 aliphatic carbocycles. The second kappa shape index (κ2) is 7.50. The number of para-hydroxylation sites is 1. The highest BCUT2D eigenvalue weighted by atomic mass is 16.5. The van der Waals surface area contributed by atoms with Crippen LogP contribution in [0.2, 0.25) is 0 Å². The molecule has 1 amide bonds. The third-order valence-electron chi connectivity index (χ3n) is 4.74. The summed E-state index contributed by atoms with van der Waals surface area (Å²) < 4.78 is 5.12. The number of aryl methyl sites for hydroxylation is 1. The van der Waals surface area contributed by atoms with Crippen molar-refractivity contribution < 1.29 is 9.53 Å². The molecular formula is C22H21N3O2. The Kier molecular flexibility index (Phi) is 4.75. The Morgan fingerprint density at radius 3 is 2.63 bits per heavy atom. The van der Waals surface area contributed by atoms with Gasteiger partial charge in [-0.1, -0.05) is 18.2 Å². The van der Waals surface area contributed by atoms with E-state index in [2.05, 4.69) is 39.5 Å². The van der Waals surface area contributed by atoms with Crippen molar-refractivity contribution in [2.75, 3.05) is 23.9 Å². The highest BCUT2D eigenvalue weighted by Gasteiger charge is 2.18. The maximum Gasteiger partial charge on any atom is 0.255 e. The molecule has 3 aromatic rings. The van der Waals surface area contributed by atoms with Gasteiger partial charge >= 0.3 is 0 Å². The third-order valence-corrected chi connectivity index (χ3v) is 4.74.